The van der Waals surface area contributed by atoms with E-state index in [-0.39, 0.29) is 0 Å². The van der Waals surface area contributed by atoms with E-state index in [1.165, 1.54) is 0 Å². The third-order valence-electron chi connectivity index (χ3n) is 3.16. The number of aryl methyl sites for hydroxylation is 2. The molecule has 0 aliphatic heterocycles. The molecule has 0 amide bonds. The van der Waals surface area contributed by atoms with Gasteiger partial charge in [0.15, 0.2) is 0 Å². The Morgan fingerprint density at radius 2 is 2.00 bits per heavy atom. The second kappa shape index (κ2) is 5.53. The summed E-state index contributed by atoms with van der Waals surface area (Å²) < 4.78 is 5.25. The van der Waals surface area contributed by atoms with Gasteiger partial charge < -0.3 is 4.74 Å². The van der Waals surface area contributed by atoms with Crippen molar-refractivity contribution in [3.8, 4) is 23.1 Å². The minimum Gasteiger partial charge on any atom is -0.496 e. The van der Waals surface area contributed by atoms with Crippen LogP contribution in [0.2, 0.25) is 0 Å². The minimum atomic E-state index is 0.404. The van der Waals surface area contributed by atoms with Crippen molar-refractivity contribution in [1.29, 1.82) is 5.26 Å². The summed E-state index contributed by atoms with van der Waals surface area (Å²) in [6.45, 7) is 3.95. The van der Waals surface area contributed by atoms with E-state index in [0.717, 1.165) is 33.8 Å². The van der Waals surface area contributed by atoms with Gasteiger partial charge in [-0.15, -0.1) is 0 Å². The van der Waals surface area contributed by atoms with Crippen molar-refractivity contribution < 1.29 is 4.74 Å². The van der Waals surface area contributed by atoms with Crippen molar-refractivity contribution in [3.05, 3.63) is 47.2 Å². The Bertz CT molecular complexity index is 642. The summed E-state index contributed by atoms with van der Waals surface area (Å²) in [5, 5.41) is 8.73. The molecule has 2 aromatic rings. The van der Waals surface area contributed by atoms with Crippen molar-refractivity contribution in [2.75, 3.05) is 7.11 Å². The van der Waals surface area contributed by atoms with Gasteiger partial charge in [-0.2, -0.15) is 5.26 Å². The molecular formula is C16H16N2O. The first-order valence-corrected chi connectivity index (χ1v) is 6.14. The maximum atomic E-state index is 8.73. The summed E-state index contributed by atoms with van der Waals surface area (Å²) >= 11 is 0. The van der Waals surface area contributed by atoms with E-state index >= 15 is 0 Å². The lowest BCUT2D eigenvalue weighted by Gasteiger charge is -2.09. The summed E-state index contributed by atoms with van der Waals surface area (Å²) in [7, 11) is 1.67. The zero-order chi connectivity index (χ0) is 13.8. The molecule has 1 aromatic heterocycles. The van der Waals surface area contributed by atoms with Gasteiger partial charge in [-0.3, -0.25) is 4.98 Å². The van der Waals surface area contributed by atoms with Crippen LogP contribution in [-0.2, 0) is 6.42 Å². The van der Waals surface area contributed by atoms with E-state index in [2.05, 4.69) is 17.1 Å². The van der Waals surface area contributed by atoms with Crippen LogP contribution in [0.1, 0.15) is 16.8 Å². The average molecular weight is 252 g/mol. The molecule has 0 saturated carbocycles. The van der Waals surface area contributed by atoms with Crippen LogP contribution in [0.25, 0.3) is 11.3 Å². The van der Waals surface area contributed by atoms with Crippen LogP contribution < -0.4 is 4.74 Å². The molecule has 0 spiro atoms. The molecule has 0 unspecified atom stereocenters. The molecule has 0 atom stereocenters. The van der Waals surface area contributed by atoms with Crippen LogP contribution in [0.3, 0.4) is 0 Å². The van der Waals surface area contributed by atoms with Crippen molar-refractivity contribution in [3.63, 3.8) is 0 Å². The lowest BCUT2D eigenvalue weighted by atomic mass is 10.0. The highest BCUT2D eigenvalue weighted by atomic mass is 16.5. The van der Waals surface area contributed by atoms with Crippen molar-refractivity contribution in [2.24, 2.45) is 0 Å². The highest BCUT2D eigenvalue weighted by molar-refractivity contribution is 5.62. The van der Waals surface area contributed by atoms with Gasteiger partial charge in [0.05, 0.1) is 25.3 Å². The van der Waals surface area contributed by atoms with E-state index in [4.69, 9.17) is 10.00 Å². The summed E-state index contributed by atoms with van der Waals surface area (Å²) in [5.41, 5.74) is 4.96. The van der Waals surface area contributed by atoms with Gasteiger partial charge in [0, 0.05) is 11.3 Å². The topological polar surface area (TPSA) is 45.9 Å². The van der Waals surface area contributed by atoms with E-state index in [1.807, 2.05) is 38.1 Å². The van der Waals surface area contributed by atoms with Gasteiger partial charge in [-0.1, -0.05) is 6.07 Å². The molecule has 0 N–H and O–H groups in total. The first-order valence-electron chi connectivity index (χ1n) is 6.14. The third-order valence-corrected chi connectivity index (χ3v) is 3.16. The van der Waals surface area contributed by atoms with Gasteiger partial charge in [0.2, 0.25) is 0 Å². The van der Waals surface area contributed by atoms with Crippen LogP contribution in [0.4, 0.5) is 0 Å². The monoisotopic (exact) mass is 252 g/mol. The number of hydrogen-bond donors (Lipinski definition) is 0. The molecule has 19 heavy (non-hydrogen) atoms. The van der Waals surface area contributed by atoms with Crippen molar-refractivity contribution in [1.82, 2.24) is 4.98 Å². The van der Waals surface area contributed by atoms with E-state index in [1.54, 1.807) is 7.11 Å². The summed E-state index contributed by atoms with van der Waals surface area (Å²) in [6.07, 6.45) is 0.404. The molecule has 3 nitrogen and oxygen atoms in total. The molecule has 0 fully saturated rings. The maximum absolute atomic E-state index is 8.73. The SMILES string of the molecule is COc1ccc(-c2ccc(CC#N)c(C)n2)cc1C. The van der Waals surface area contributed by atoms with Crippen molar-refractivity contribution >= 4 is 0 Å². The Hall–Kier alpha value is -2.34. The highest BCUT2D eigenvalue weighted by Gasteiger charge is 2.06. The van der Waals surface area contributed by atoms with Crippen LogP contribution in [-0.4, -0.2) is 12.1 Å². The molecule has 0 radical (unpaired) electrons. The third kappa shape index (κ3) is 2.74. The van der Waals surface area contributed by atoms with Crippen LogP contribution in [0, 0.1) is 25.2 Å². The molecule has 0 aliphatic carbocycles. The number of nitriles is 1. The molecule has 2 rings (SSSR count). The van der Waals surface area contributed by atoms with Crippen LogP contribution in [0.5, 0.6) is 5.75 Å². The normalized spacial score (nSPS) is 10.0. The zero-order valence-electron chi connectivity index (χ0n) is 11.4. The highest BCUT2D eigenvalue weighted by Crippen LogP contribution is 2.25. The standard InChI is InChI=1S/C16H16N2O/c1-11-10-14(5-7-16(11)19-3)15-6-4-13(8-9-17)12(2)18-15/h4-7,10H,8H2,1-3H3. The lowest BCUT2D eigenvalue weighted by molar-refractivity contribution is 0.412. The first kappa shape index (κ1) is 13.1. The predicted octanol–water partition coefficient (Wildman–Crippen LogP) is 3.44. The first-order chi connectivity index (χ1) is 9.15. The van der Waals surface area contributed by atoms with Gasteiger partial charge in [0.1, 0.15) is 5.75 Å². The summed E-state index contributed by atoms with van der Waals surface area (Å²) in [5.74, 6) is 0.876. The molecule has 0 saturated heterocycles. The second-order valence-corrected chi connectivity index (χ2v) is 4.46. The Kier molecular flexibility index (Phi) is 3.82. The second-order valence-electron chi connectivity index (χ2n) is 4.46. The molecule has 1 aromatic carbocycles. The molecule has 0 bridgehead atoms. The fourth-order valence-corrected chi connectivity index (χ4v) is 2.06. The molecule has 3 heteroatoms. The van der Waals surface area contributed by atoms with Gasteiger partial charge in [-0.05, 0) is 49.2 Å². The Labute approximate surface area is 113 Å². The Morgan fingerprint density at radius 1 is 1.21 bits per heavy atom. The largest absolute Gasteiger partial charge is 0.496 e. The van der Waals surface area contributed by atoms with Crippen molar-refractivity contribution in [2.45, 2.75) is 20.3 Å². The quantitative estimate of drug-likeness (QED) is 0.840. The summed E-state index contributed by atoms with van der Waals surface area (Å²) in [4.78, 5) is 4.57. The number of aromatic nitrogens is 1. The van der Waals surface area contributed by atoms with E-state index in [9.17, 15) is 0 Å². The lowest BCUT2D eigenvalue weighted by Crippen LogP contribution is -1.94. The summed E-state index contributed by atoms with van der Waals surface area (Å²) in [6, 6.07) is 12.1. The Morgan fingerprint density at radius 3 is 2.58 bits per heavy atom. The number of nitrogens with zero attached hydrogens (tertiary/aromatic N) is 2. The number of ether oxygens (including phenoxy) is 1. The number of hydrogen-bond acceptors (Lipinski definition) is 3. The van der Waals surface area contributed by atoms with E-state index < -0.39 is 0 Å². The molecule has 1 heterocycles. The molecular weight excluding hydrogens is 236 g/mol. The molecule has 96 valence electrons. The van der Waals surface area contributed by atoms with Crippen LogP contribution in [0.15, 0.2) is 30.3 Å². The fraction of sp³-hybridized carbons (Fsp3) is 0.250. The number of methoxy groups -OCH3 is 1. The number of benzene rings is 1. The average Bonchev–Trinajstić information content (AvgIpc) is 2.41. The predicted molar refractivity (Wildman–Crippen MR) is 75.0 cm³/mol. The minimum absolute atomic E-state index is 0.404. The van der Waals surface area contributed by atoms with Gasteiger partial charge >= 0.3 is 0 Å². The van der Waals surface area contributed by atoms with Gasteiger partial charge in [0.25, 0.3) is 0 Å². The Balaban J connectivity index is 2.40. The molecule has 0 aliphatic rings. The van der Waals surface area contributed by atoms with E-state index in [0.29, 0.717) is 6.42 Å². The number of rotatable bonds is 3. The maximum Gasteiger partial charge on any atom is 0.121 e. The van der Waals surface area contributed by atoms with Gasteiger partial charge in [-0.25, -0.2) is 0 Å². The smallest absolute Gasteiger partial charge is 0.121 e. The fourth-order valence-electron chi connectivity index (χ4n) is 2.06. The zero-order valence-corrected chi connectivity index (χ0v) is 11.4. The number of pyridine rings is 1. The van der Waals surface area contributed by atoms with Crippen LogP contribution >= 0.6 is 0 Å².